The molecule has 30 heavy (non-hydrogen) atoms. The summed E-state index contributed by atoms with van der Waals surface area (Å²) >= 11 is 2.95. The molecule has 0 saturated heterocycles. The highest BCUT2D eigenvalue weighted by Crippen LogP contribution is 2.26. The van der Waals surface area contributed by atoms with Crippen LogP contribution in [0.5, 0.6) is 0 Å². The Labute approximate surface area is 182 Å². The molecule has 0 fully saturated rings. The minimum absolute atomic E-state index is 0.0124. The van der Waals surface area contributed by atoms with Crippen LogP contribution in [0.1, 0.15) is 20.7 Å². The fraction of sp³-hybridized carbons (Fsp3) is 0.0909. The molecule has 4 aromatic rings. The number of hydrogen-bond acceptors (Lipinski definition) is 6. The van der Waals surface area contributed by atoms with E-state index in [0.717, 1.165) is 10.7 Å². The second kappa shape index (κ2) is 9.06. The van der Waals surface area contributed by atoms with Crippen LogP contribution >= 0.6 is 23.1 Å². The van der Waals surface area contributed by atoms with Gasteiger partial charge in [0, 0.05) is 23.9 Å². The van der Waals surface area contributed by atoms with Gasteiger partial charge in [0.2, 0.25) is 0 Å². The number of nitrogens with one attached hydrogen (secondary N) is 1. The summed E-state index contributed by atoms with van der Waals surface area (Å²) in [4.78, 5) is 25.8. The molecule has 150 valence electrons. The van der Waals surface area contributed by atoms with E-state index in [4.69, 9.17) is 0 Å². The number of Topliss-reactive ketones (excluding diaryl/α,β-unsaturated/α-hetero) is 1. The van der Waals surface area contributed by atoms with Gasteiger partial charge in [-0.1, -0.05) is 36.0 Å². The van der Waals surface area contributed by atoms with E-state index < -0.39 is 0 Å². The summed E-state index contributed by atoms with van der Waals surface area (Å²) in [6.45, 7) is 0. The number of rotatable bonds is 7. The first-order valence-electron chi connectivity index (χ1n) is 9.17. The summed E-state index contributed by atoms with van der Waals surface area (Å²) in [6.07, 6.45) is 0. The van der Waals surface area contributed by atoms with Gasteiger partial charge in [0.25, 0.3) is 5.91 Å². The number of thioether (sulfide) groups is 1. The van der Waals surface area contributed by atoms with Gasteiger partial charge in [0.05, 0.1) is 10.6 Å². The molecule has 0 aliphatic rings. The van der Waals surface area contributed by atoms with Crippen LogP contribution < -0.4 is 5.32 Å². The van der Waals surface area contributed by atoms with E-state index in [1.807, 2.05) is 47.3 Å². The molecular weight excluding hydrogens is 416 g/mol. The Hall–Kier alpha value is -3.23. The first-order valence-corrected chi connectivity index (χ1v) is 11.0. The average Bonchev–Trinajstić information content (AvgIpc) is 3.43. The van der Waals surface area contributed by atoms with Gasteiger partial charge >= 0.3 is 0 Å². The topological polar surface area (TPSA) is 76.9 Å². The number of hydrogen-bond donors (Lipinski definition) is 1. The number of carbonyl (C=O) groups is 2. The highest BCUT2D eigenvalue weighted by atomic mass is 32.2. The summed E-state index contributed by atoms with van der Waals surface area (Å²) in [6, 6.07) is 19.9. The molecule has 0 radical (unpaired) electrons. The molecule has 4 rings (SSSR count). The van der Waals surface area contributed by atoms with Crippen LogP contribution in [0.4, 0.5) is 5.69 Å². The van der Waals surface area contributed by atoms with Crippen molar-refractivity contribution in [2.45, 2.75) is 5.16 Å². The molecule has 0 saturated carbocycles. The fourth-order valence-electron chi connectivity index (χ4n) is 2.81. The summed E-state index contributed by atoms with van der Waals surface area (Å²) in [5, 5.41) is 13.9. The lowest BCUT2D eigenvalue weighted by molar-refractivity contribution is 0.101. The molecule has 2 aromatic heterocycles. The molecule has 2 heterocycles. The van der Waals surface area contributed by atoms with E-state index in [2.05, 4.69) is 15.5 Å². The molecule has 0 bridgehead atoms. The zero-order valence-electron chi connectivity index (χ0n) is 16.1. The highest BCUT2D eigenvalue weighted by molar-refractivity contribution is 7.99. The van der Waals surface area contributed by atoms with Crippen molar-refractivity contribution in [1.29, 1.82) is 0 Å². The van der Waals surface area contributed by atoms with E-state index in [1.54, 1.807) is 47.7 Å². The Morgan fingerprint density at radius 2 is 1.73 bits per heavy atom. The third-order valence-corrected chi connectivity index (χ3v) is 6.30. The van der Waals surface area contributed by atoms with E-state index in [9.17, 15) is 9.59 Å². The molecule has 2 aromatic carbocycles. The van der Waals surface area contributed by atoms with Crippen molar-refractivity contribution in [2.24, 2.45) is 7.05 Å². The molecule has 1 amide bonds. The van der Waals surface area contributed by atoms with Gasteiger partial charge in [-0.05, 0) is 47.8 Å². The SMILES string of the molecule is Cn1c(SCC(=O)c2ccc(NC(=O)c3ccccc3)cc2)nnc1-c1cccs1. The van der Waals surface area contributed by atoms with E-state index in [-0.39, 0.29) is 17.4 Å². The zero-order valence-corrected chi connectivity index (χ0v) is 17.7. The molecule has 0 aliphatic carbocycles. The highest BCUT2D eigenvalue weighted by Gasteiger charge is 2.14. The first-order chi connectivity index (χ1) is 14.6. The van der Waals surface area contributed by atoms with Crippen molar-refractivity contribution in [3.8, 4) is 10.7 Å². The van der Waals surface area contributed by atoms with E-state index in [0.29, 0.717) is 22.0 Å². The van der Waals surface area contributed by atoms with Gasteiger partial charge in [-0.2, -0.15) is 0 Å². The molecular formula is C22H18N4O2S2. The van der Waals surface area contributed by atoms with Gasteiger partial charge < -0.3 is 9.88 Å². The van der Waals surface area contributed by atoms with Gasteiger partial charge in [-0.15, -0.1) is 21.5 Å². The quantitative estimate of drug-likeness (QED) is 0.335. The second-order valence-electron chi connectivity index (χ2n) is 6.45. The van der Waals surface area contributed by atoms with Crippen LogP contribution in [0, 0.1) is 0 Å². The summed E-state index contributed by atoms with van der Waals surface area (Å²) in [5.74, 6) is 0.848. The van der Waals surface area contributed by atoms with Gasteiger partial charge in [-0.3, -0.25) is 9.59 Å². The van der Waals surface area contributed by atoms with Crippen LogP contribution in [0.3, 0.4) is 0 Å². The van der Waals surface area contributed by atoms with Crippen molar-refractivity contribution in [3.63, 3.8) is 0 Å². The number of amides is 1. The molecule has 6 nitrogen and oxygen atoms in total. The Balaban J connectivity index is 1.36. The smallest absolute Gasteiger partial charge is 0.255 e. The summed E-state index contributed by atoms with van der Waals surface area (Å²) < 4.78 is 1.89. The maximum Gasteiger partial charge on any atom is 0.255 e. The predicted molar refractivity (Wildman–Crippen MR) is 120 cm³/mol. The number of aromatic nitrogens is 3. The minimum atomic E-state index is -0.186. The maximum atomic E-state index is 12.6. The van der Waals surface area contributed by atoms with Crippen LogP contribution in [0.2, 0.25) is 0 Å². The molecule has 0 aliphatic heterocycles. The van der Waals surface area contributed by atoms with Crippen LogP contribution in [-0.2, 0) is 7.05 Å². The number of nitrogens with zero attached hydrogens (tertiary/aromatic N) is 3. The van der Waals surface area contributed by atoms with Crippen LogP contribution in [0.25, 0.3) is 10.7 Å². The lowest BCUT2D eigenvalue weighted by Gasteiger charge is -2.06. The van der Waals surface area contributed by atoms with Crippen LogP contribution in [-0.4, -0.2) is 32.2 Å². The normalized spacial score (nSPS) is 10.7. The predicted octanol–water partition coefficient (Wildman–Crippen LogP) is 4.77. The largest absolute Gasteiger partial charge is 0.322 e. The molecule has 0 spiro atoms. The number of anilines is 1. The Kier molecular flexibility index (Phi) is 6.06. The third kappa shape index (κ3) is 4.50. The van der Waals surface area contributed by atoms with Gasteiger partial charge in [0.15, 0.2) is 16.8 Å². The molecule has 1 N–H and O–H groups in total. The maximum absolute atomic E-state index is 12.6. The lowest BCUT2D eigenvalue weighted by atomic mass is 10.1. The van der Waals surface area contributed by atoms with Crippen LogP contribution in [0.15, 0.2) is 77.3 Å². The van der Waals surface area contributed by atoms with Gasteiger partial charge in [-0.25, -0.2) is 0 Å². The molecule has 0 atom stereocenters. The Morgan fingerprint density at radius 3 is 2.43 bits per heavy atom. The fourth-order valence-corrected chi connectivity index (χ4v) is 4.36. The summed E-state index contributed by atoms with van der Waals surface area (Å²) in [5.41, 5.74) is 1.81. The van der Waals surface area contributed by atoms with Crippen molar-refractivity contribution in [2.75, 3.05) is 11.1 Å². The molecule has 0 unspecified atom stereocenters. The first kappa shape index (κ1) is 20.1. The Bertz CT molecular complexity index is 1150. The average molecular weight is 435 g/mol. The molecule has 8 heteroatoms. The van der Waals surface area contributed by atoms with E-state index in [1.165, 1.54) is 11.8 Å². The lowest BCUT2D eigenvalue weighted by Crippen LogP contribution is -2.12. The Morgan fingerprint density at radius 1 is 0.967 bits per heavy atom. The van der Waals surface area contributed by atoms with Crippen molar-refractivity contribution in [1.82, 2.24) is 14.8 Å². The number of benzene rings is 2. The number of ketones is 1. The van der Waals surface area contributed by atoms with Crippen molar-refractivity contribution < 1.29 is 9.59 Å². The van der Waals surface area contributed by atoms with Gasteiger partial charge in [0.1, 0.15) is 0 Å². The second-order valence-corrected chi connectivity index (χ2v) is 8.34. The monoisotopic (exact) mass is 434 g/mol. The van der Waals surface area contributed by atoms with E-state index >= 15 is 0 Å². The standard InChI is InChI=1S/C22H18N4O2S2/c1-26-20(19-8-5-13-29-19)24-25-22(26)30-14-18(27)15-9-11-17(12-10-15)23-21(28)16-6-3-2-4-7-16/h2-13H,14H2,1H3,(H,23,28). The van der Waals surface area contributed by atoms with Crippen molar-refractivity contribution in [3.05, 3.63) is 83.2 Å². The third-order valence-electron chi connectivity index (χ3n) is 4.41. The zero-order chi connectivity index (χ0) is 20.9. The minimum Gasteiger partial charge on any atom is -0.322 e. The van der Waals surface area contributed by atoms with Crippen molar-refractivity contribution >= 4 is 40.5 Å². The summed E-state index contributed by atoms with van der Waals surface area (Å²) in [7, 11) is 1.89. The number of thiophene rings is 1. The number of carbonyl (C=O) groups excluding carboxylic acids is 2.